The number of thioether (sulfide) groups is 1. The van der Waals surface area contributed by atoms with Gasteiger partial charge < -0.3 is 4.90 Å². The standard InChI is InChI=1S/C13H17ClN2O3S2/c1-3-21(18,19)12-8-20-5-4-16(12)13(17)10-6-9(2)15-11(14)7-10/h6-7,12H,3-5,8H2,1-2H3. The van der Waals surface area contributed by atoms with Crippen molar-refractivity contribution in [2.45, 2.75) is 19.2 Å². The van der Waals surface area contributed by atoms with Gasteiger partial charge in [0.2, 0.25) is 0 Å². The zero-order valence-corrected chi connectivity index (χ0v) is 14.3. The molecule has 1 aromatic heterocycles. The molecule has 8 heteroatoms. The van der Waals surface area contributed by atoms with Crippen molar-refractivity contribution in [3.63, 3.8) is 0 Å². The fourth-order valence-corrected chi connectivity index (χ4v) is 5.44. The van der Waals surface area contributed by atoms with Crippen LogP contribution in [0.5, 0.6) is 0 Å². The predicted molar refractivity (Wildman–Crippen MR) is 85.6 cm³/mol. The van der Waals surface area contributed by atoms with Gasteiger partial charge in [-0.25, -0.2) is 13.4 Å². The van der Waals surface area contributed by atoms with Crippen LogP contribution in [0.3, 0.4) is 0 Å². The first-order valence-electron chi connectivity index (χ1n) is 6.59. The molecular weight excluding hydrogens is 332 g/mol. The van der Waals surface area contributed by atoms with Gasteiger partial charge in [0.15, 0.2) is 9.84 Å². The van der Waals surface area contributed by atoms with Crippen LogP contribution in [0.4, 0.5) is 0 Å². The fourth-order valence-electron chi connectivity index (χ4n) is 2.22. The second-order valence-electron chi connectivity index (χ2n) is 4.80. The molecule has 1 atom stereocenters. The summed E-state index contributed by atoms with van der Waals surface area (Å²) in [7, 11) is -3.31. The van der Waals surface area contributed by atoms with Crippen molar-refractivity contribution in [3.05, 3.63) is 28.5 Å². The quantitative estimate of drug-likeness (QED) is 0.781. The molecule has 0 aliphatic carbocycles. The SMILES string of the molecule is CCS(=O)(=O)C1CSCCN1C(=O)c1cc(C)nc(Cl)c1. The molecule has 2 heterocycles. The molecule has 5 nitrogen and oxygen atoms in total. The van der Waals surface area contributed by atoms with Gasteiger partial charge in [0, 0.05) is 35.1 Å². The van der Waals surface area contributed by atoms with E-state index < -0.39 is 15.2 Å². The number of amides is 1. The number of halogens is 1. The van der Waals surface area contributed by atoms with Crippen molar-refractivity contribution in [3.8, 4) is 0 Å². The van der Waals surface area contributed by atoms with Crippen LogP contribution in [0.1, 0.15) is 23.0 Å². The van der Waals surface area contributed by atoms with Gasteiger partial charge in [0.05, 0.1) is 0 Å². The predicted octanol–water partition coefficient (Wildman–Crippen LogP) is 1.99. The lowest BCUT2D eigenvalue weighted by Crippen LogP contribution is -2.50. The molecule has 0 radical (unpaired) electrons. The van der Waals surface area contributed by atoms with E-state index in [1.807, 2.05) is 0 Å². The minimum atomic E-state index is -3.31. The van der Waals surface area contributed by atoms with Gasteiger partial charge in [0.1, 0.15) is 10.5 Å². The van der Waals surface area contributed by atoms with Crippen LogP contribution in [0.25, 0.3) is 0 Å². The third-order valence-corrected chi connectivity index (χ3v) is 6.81. The number of hydrogen-bond donors (Lipinski definition) is 0. The molecule has 2 rings (SSSR count). The molecule has 0 saturated carbocycles. The molecule has 1 unspecified atom stereocenters. The van der Waals surface area contributed by atoms with Crippen LogP contribution in [0.15, 0.2) is 12.1 Å². The first-order chi connectivity index (χ1) is 9.85. The summed E-state index contributed by atoms with van der Waals surface area (Å²) in [5.41, 5.74) is 1.02. The maximum Gasteiger partial charge on any atom is 0.255 e. The summed E-state index contributed by atoms with van der Waals surface area (Å²) in [6.45, 7) is 3.77. The minimum Gasteiger partial charge on any atom is -0.320 e. The zero-order valence-electron chi connectivity index (χ0n) is 11.9. The fraction of sp³-hybridized carbons (Fsp3) is 0.538. The molecule has 0 N–H and O–H groups in total. The number of aromatic nitrogens is 1. The minimum absolute atomic E-state index is 0.0259. The number of rotatable bonds is 3. The number of carbonyl (C=O) groups is 1. The maximum absolute atomic E-state index is 12.6. The van der Waals surface area contributed by atoms with E-state index in [0.29, 0.717) is 23.6 Å². The van der Waals surface area contributed by atoms with Crippen molar-refractivity contribution < 1.29 is 13.2 Å². The lowest BCUT2D eigenvalue weighted by Gasteiger charge is -2.34. The van der Waals surface area contributed by atoms with Crippen LogP contribution in [-0.4, -0.2) is 53.4 Å². The Morgan fingerprint density at radius 1 is 1.52 bits per heavy atom. The number of nitrogens with zero attached hydrogens (tertiary/aromatic N) is 2. The van der Waals surface area contributed by atoms with E-state index in [-0.39, 0.29) is 16.8 Å². The summed E-state index contributed by atoms with van der Waals surface area (Å²) in [4.78, 5) is 18.1. The average Bonchev–Trinajstić information content (AvgIpc) is 2.45. The van der Waals surface area contributed by atoms with Crippen LogP contribution < -0.4 is 0 Å². The lowest BCUT2D eigenvalue weighted by molar-refractivity contribution is 0.0749. The van der Waals surface area contributed by atoms with Crippen LogP contribution in [0.2, 0.25) is 5.15 Å². The largest absolute Gasteiger partial charge is 0.320 e. The summed E-state index contributed by atoms with van der Waals surface area (Å²) >= 11 is 7.44. The second-order valence-corrected chi connectivity index (χ2v) is 8.78. The highest BCUT2D eigenvalue weighted by Gasteiger charge is 2.36. The monoisotopic (exact) mass is 348 g/mol. The Labute approximate surface area is 134 Å². The van der Waals surface area contributed by atoms with E-state index in [0.717, 1.165) is 5.75 Å². The van der Waals surface area contributed by atoms with E-state index >= 15 is 0 Å². The normalized spacial score (nSPS) is 19.6. The van der Waals surface area contributed by atoms with Crippen molar-refractivity contribution in [2.75, 3.05) is 23.8 Å². The molecule has 0 bridgehead atoms. The summed E-state index contributed by atoms with van der Waals surface area (Å²) < 4.78 is 24.4. The van der Waals surface area contributed by atoms with E-state index in [1.165, 1.54) is 11.0 Å². The Morgan fingerprint density at radius 3 is 2.86 bits per heavy atom. The van der Waals surface area contributed by atoms with E-state index in [4.69, 9.17) is 11.6 Å². The molecule has 1 fully saturated rings. The highest BCUT2D eigenvalue weighted by molar-refractivity contribution is 8.01. The van der Waals surface area contributed by atoms with Gasteiger partial charge in [-0.2, -0.15) is 11.8 Å². The van der Waals surface area contributed by atoms with Gasteiger partial charge >= 0.3 is 0 Å². The number of aryl methyl sites for hydroxylation is 1. The topological polar surface area (TPSA) is 67.3 Å². The van der Waals surface area contributed by atoms with Gasteiger partial charge in [-0.1, -0.05) is 18.5 Å². The number of pyridine rings is 1. The van der Waals surface area contributed by atoms with Gasteiger partial charge in [-0.3, -0.25) is 4.79 Å². The van der Waals surface area contributed by atoms with Gasteiger partial charge in [-0.05, 0) is 19.1 Å². The van der Waals surface area contributed by atoms with Gasteiger partial charge in [-0.15, -0.1) is 0 Å². The Morgan fingerprint density at radius 2 is 2.24 bits per heavy atom. The van der Waals surface area contributed by atoms with E-state index in [2.05, 4.69) is 4.98 Å². The molecule has 0 spiro atoms. The second kappa shape index (κ2) is 6.54. The van der Waals surface area contributed by atoms with Crippen LogP contribution in [-0.2, 0) is 9.84 Å². The molecular formula is C13H17ClN2O3S2. The number of sulfone groups is 1. The molecule has 21 heavy (non-hydrogen) atoms. The van der Waals surface area contributed by atoms with Crippen molar-refractivity contribution >= 4 is 39.1 Å². The Hall–Kier alpha value is -0.790. The number of carbonyl (C=O) groups excluding carboxylic acids is 1. The molecule has 1 saturated heterocycles. The Bertz CT molecular complexity index is 629. The van der Waals surface area contributed by atoms with Crippen molar-refractivity contribution in [1.29, 1.82) is 0 Å². The molecule has 116 valence electrons. The zero-order chi connectivity index (χ0) is 15.6. The first kappa shape index (κ1) is 16.6. The molecule has 1 aromatic rings. The van der Waals surface area contributed by atoms with Crippen LogP contribution >= 0.6 is 23.4 Å². The van der Waals surface area contributed by atoms with E-state index in [9.17, 15) is 13.2 Å². The van der Waals surface area contributed by atoms with Crippen molar-refractivity contribution in [1.82, 2.24) is 9.88 Å². The molecule has 0 aromatic carbocycles. The van der Waals surface area contributed by atoms with E-state index in [1.54, 1.807) is 31.7 Å². The smallest absolute Gasteiger partial charge is 0.255 e. The lowest BCUT2D eigenvalue weighted by atomic mass is 10.2. The summed E-state index contributed by atoms with van der Waals surface area (Å²) in [5.74, 6) is 0.877. The van der Waals surface area contributed by atoms with Crippen molar-refractivity contribution in [2.24, 2.45) is 0 Å². The van der Waals surface area contributed by atoms with Gasteiger partial charge in [0.25, 0.3) is 5.91 Å². The third kappa shape index (κ3) is 3.70. The summed E-state index contributed by atoms with van der Waals surface area (Å²) in [5, 5.41) is -0.527. The Balaban J connectivity index is 2.35. The number of hydrogen-bond acceptors (Lipinski definition) is 5. The highest BCUT2D eigenvalue weighted by Crippen LogP contribution is 2.24. The van der Waals surface area contributed by atoms with Crippen LogP contribution in [0, 0.1) is 6.92 Å². The molecule has 1 aliphatic rings. The first-order valence-corrected chi connectivity index (χ1v) is 9.84. The summed E-state index contributed by atoms with van der Waals surface area (Å²) in [6.07, 6.45) is 0. The average molecular weight is 349 g/mol. The maximum atomic E-state index is 12.6. The third-order valence-electron chi connectivity index (χ3n) is 3.33. The highest BCUT2D eigenvalue weighted by atomic mass is 35.5. The summed E-state index contributed by atoms with van der Waals surface area (Å²) in [6, 6.07) is 3.11. The molecule has 1 aliphatic heterocycles. The Kier molecular flexibility index (Phi) is 5.16. The molecule has 1 amide bonds.